The molecule has 0 unspecified atom stereocenters. The topological polar surface area (TPSA) is 0 Å². The molecular formula is C38H34FeP2+2. The van der Waals surface area contributed by atoms with Gasteiger partial charge in [-0.3, -0.25) is 0 Å². The van der Waals surface area contributed by atoms with E-state index in [4.69, 9.17) is 0 Å². The van der Waals surface area contributed by atoms with Gasteiger partial charge in [0.2, 0.25) is 0 Å². The molecule has 0 saturated heterocycles. The predicted octanol–water partition coefficient (Wildman–Crippen LogP) is 7.78. The van der Waals surface area contributed by atoms with E-state index >= 15 is 0 Å². The third-order valence-corrected chi connectivity index (χ3v) is 13.0. The minimum absolute atomic E-state index is 0. The maximum atomic E-state index is 2.43. The Balaban J connectivity index is 0.00000337. The van der Waals surface area contributed by atoms with E-state index in [0.29, 0.717) is 11.6 Å². The average Bonchev–Trinajstić information content (AvgIpc) is 3.73. The molecule has 0 bridgehead atoms. The van der Waals surface area contributed by atoms with Crippen LogP contribution < -0.4 is 21.2 Å². The second kappa shape index (κ2) is 15.1. The fraction of sp³-hybridized carbons (Fsp3) is 0.105. The van der Waals surface area contributed by atoms with Crippen molar-refractivity contribution in [3.05, 3.63) is 184 Å². The maximum absolute atomic E-state index is 2.43. The van der Waals surface area contributed by atoms with Gasteiger partial charge in [0, 0.05) is 5.66 Å². The van der Waals surface area contributed by atoms with Crippen LogP contribution in [0, 0.1) is 68.4 Å². The molecular weight excluding hydrogens is 574 g/mol. The van der Waals surface area contributed by atoms with Crippen LogP contribution in [0.5, 0.6) is 0 Å². The molecule has 4 aromatic rings. The van der Waals surface area contributed by atoms with Gasteiger partial charge in [-0.25, -0.2) is 0 Å². The first-order valence-electron chi connectivity index (χ1n) is 14.1. The van der Waals surface area contributed by atoms with Crippen molar-refractivity contribution in [2.75, 3.05) is 0 Å². The van der Waals surface area contributed by atoms with E-state index in [1.807, 2.05) is 0 Å². The van der Waals surface area contributed by atoms with Gasteiger partial charge < -0.3 is 0 Å². The smallest absolute Gasteiger partial charge is 0.0622 e. The van der Waals surface area contributed by atoms with Gasteiger partial charge in [0.1, 0.15) is 0 Å². The Bertz CT molecular complexity index is 1210. The predicted molar refractivity (Wildman–Crippen MR) is 176 cm³/mol. The van der Waals surface area contributed by atoms with Crippen molar-refractivity contribution in [1.82, 2.24) is 0 Å². The molecule has 41 heavy (non-hydrogen) atoms. The molecule has 0 N–H and O–H groups in total. The zero-order chi connectivity index (χ0) is 27.1. The summed E-state index contributed by atoms with van der Waals surface area (Å²) < 4.78 is 0. The van der Waals surface area contributed by atoms with Crippen molar-refractivity contribution in [3.63, 3.8) is 0 Å². The second-order valence-electron chi connectivity index (χ2n) is 10.3. The Kier molecular flexibility index (Phi) is 11.3. The molecule has 2 aliphatic carbocycles. The third kappa shape index (κ3) is 7.26. The van der Waals surface area contributed by atoms with Crippen molar-refractivity contribution in [2.24, 2.45) is 5.92 Å². The zero-order valence-electron chi connectivity index (χ0n) is 23.2. The van der Waals surface area contributed by atoms with Gasteiger partial charge in [0.05, 0.1) is 0 Å². The molecule has 0 aromatic heterocycles. The van der Waals surface area contributed by atoms with Crippen molar-refractivity contribution in [3.8, 4) is 0 Å². The maximum Gasteiger partial charge on any atom is 2.00 e. The number of rotatable bonds is 10. The first-order chi connectivity index (χ1) is 19.8. The quantitative estimate of drug-likeness (QED) is 0.127. The van der Waals surface area contributed by atoms with Crippen molar-refractivity contribution in [2.45, 2.75) is 19.0 Å². The van der Waals surface area contributed by atoms with Crippen LogP contribution in [0.25, 0.3) is 0 Å². The van der Waals surface area contributed by atoms with Crippen molar-refractivity contribution in [1.29, 1.82) is 0 Å². The van der Waals surface area contributed by atoms with Crippen molar-refractivity contribution < 1.29 is 17.1 Å². The summed E-state index contributed by atoms with van der Waals surface area (Å²) in [5, 5.41) is 5.70. The van der Waals surface area contributed by atoms with Crippen molar-refractivity contribution >= 4 is 37.1 Å². The van der Waals surface area contributed by atoms with E-state index < -0.39 is 15.8 Å². The van der Waals surface area contributed by atoms with Gasteiger partial charge in [-0.1, -0.05) is 128 Å². The first-order valence-corrected chi connectivity index (χ1v) is 16.8. The van der Waals surface area contributed by atoms with Gasteiger partial charge >= 0.3 is 17.1 Å². The Morgan fingerprint density at radius 2 is 0.951 bits per heavy atom. The van der Waals surface area contributed by atoms with E-state index in [9.17, 15) is 0 Å². The van der Waals surface area contributed by atoms with E-state index in [1.54, 1.807) is 0 Å². The third-order valence-electron chi connectivity index (χ3n) is 7.67. The number of benzene rings is 4. The van der Waals surface area contributed by atoms with E-state index in [-0.39, 0.29) is 17.1 Å². The largest absolute Gasteiger partial charge is 2.00 e. The van der Waals surface area contributed by atoms with Crippen LogP contribution in [0.15, 0.2) is 121 Å². The molecule has 202 valence electrons. The van der Waals surface area contributed by atoms with Crippen LogP contribution in [0.2, 0.25) is 0 Å². The van der Waals surface area contributed by atoms with Gasteiger partial charge in [-0.05, 0) is 112 Å². The summed E-state index contributed by atoms with van der Waals surface area (Å²) >= 11 is 0. The van der Waals surface area contributed by atoms with E-state index in [2.05, 4.69) is 173 Å². The van der Waals surface area contributed by atoms with Crippen LogP contribution in [0.4, 0.5) is 0 Å². The molecule has 0 heterocycles. The minimum Gasteiger partial charge on any atom is -0.0622 e. The Labute approximate surface area is 261 Å². The summed E-state index contributed by atoms with van der Waals surface area (Å²) in [6.07, 6.45) is 17.2. The molecule has 2 atom stereocenters. The average molecular weight is 608 g/mol. The summed E-state index contributed by atoms with van der Waals surface area (Å²) in [5.74, 6) is 3.40. The van der Waals surface area contributed by atoms with Crippen LogP contribution in [0.3, 0.4) is 0 Å². The Morgan fingerprint density at radius 3 is 1.41 bits per heavy atom. The van der Waals surface area contributed by atoms with Gasteiger partial charge in [-0.15, -0.1) is 0 Å². The molecule has 0 aliphatic heterocycles. The van der Waals surface area contributed by atoms with E-state index in [1.165, 1.54) is 38.7 Å². The molecule has 2 aliphatic rings. The standard InChI is InChI=1S/C38H34P2.Fe/c1-30(31-17-14-15-18-31)29-38(40(34-23-10-4-11-24-34)35-25-12-5-13-26-35)36-27-16-28-37(36)39(32-19-6-2-7-20-32)33-21-8-3-9-22-33;/h2-28,30,38H,29H2,1H3;/q;+2/t30-,38-;/m1./s1. The SMILES string of the molecule is C[C@H](C[C@H]([C]1[CH][CH][CH][C]1P(c1ccccc1)c1ccccc1)P(c1ccccc1)c1ccccc1)[C]1[CH][CH][CH][CH]1.[Fe+2]. The number of hydrogen-bond donors (Lipinski definition) is 0. The van der Waals surface area contributed by atoms with Crippen LogP contribution in [-0.4, -0.2) is 5.66 Å². The summed E-state index contributed by atoms with van der Waals surface area (Å²) in [5.41, 5.74) is 1.87. The molecule has 0 spiro atoms. The monoisotopic (exact) mass is 608 g/mol. The summed E-state index contributed by atoms with van der Waals surface area (Å²) in [4.78, 5) is 0. The van der Waals surface area contributed by atoms with Crippen LogP contribution in [0.1, 0.15) is 13.3 Å². The zero-order valence-corrected chi connectivity index (χ0v) is 26.1. The van der Waals surface area contributed by atoms with E-state index in [0.717, 1.165) is 6.42 Å². The minimum atomic E-state index is -0.684. The second-order valence-corrected chi connectivity index (χ2v) is 14.9. The fourth-order valence-corrected chi connectivity index (χ4v) is 11.4. The number of hydrogen-bond acceptors (Lipinski definition) is 0. The molecule has 2 saturated carbocycles. The Hall–Kier alpha value is -1.74. The normalized spacial score (nSPS) is 18.0. The van der Waals surface area contributed by atoms with Gasteiger partial charge in [0.25, 0.3) is 0 Å². The molecule has 0 amide bonds. The Morgan fingerprint density at radius 1 is 0.512 bits per heavy atom. The van der Waals surface area contributed by atoms with Gasteiger partial charge in [0.15, 0.2) is 0 Å². The first kappa shape index (κ1) is 30.7. The summed E-state index contributed by atoms with van der Waals surface area (Å²) in [6.45, 7) is 2.41. The molecule has 4 aromatic carbocycles. The summed E-state index contributed by atoms with van der Waals surface area (Å²) in [6, 6.07) is 44.7. The summed E-state index contributed by atoms with van der Waals surface area (Å²) in [7, 11) is -1.33. The molecule has 10 radical (unpaired) electrons. The van der Waals surface area contributed by atoms with Crippen LogP contribution in [-0.2, 0) is 17.1 Å². The molecule has 0 nitrogen and oxygen atoms in total. The molecule has 2 fully saturated rings. The fourth-order valence-electron chi connectivity index (χ4n) is 5.74. The molecule has 3 heteroatoms. The van der Waals surface area contributed by atoms with Crippen LogP contribution >= 0.6 is 15.8 Å². The molecule has 6 rings (SSSR count). The van der Waals surface area contributed by atoms with Gasteiger partial charge in [-0.2, -0.15) is 0 Å².